The summed E-state index contributed by atoms with van der Waals surface area (Å²) in [6.07, 6.45) is -15.6. The molecule has 16 nitrogen and oxygen atoms in total. The molecule has 3 aromatic rings. The minimum absolute atomic E-state index is 0.0542. The molecule has 52 heavy (non-hydrogen) atoms. The van der Waals surface area contributed by atoms with E-state index in [0.717, 1.165) is 18.2 Å². The van der Waals surface area contributed by atoms with Crippen LogP contribution in [-0.4, -0.2) is 124 Å². The van der Waals surface area contributed by atoms with E-state index in [1.807, 2.05) is 0 Å². The SMILES string of the molecule is C[C@H]1O[C@H](C)[C@H](O)C2=C1C(=O)c1c(O)cc(O)c(-c3c4c(c(O)c5c(O[C@@H]6O[C@H](CO)[C@@H](O)[C@H](O)[C@H]6O)cc(O)cc35)[C@@H](C)O[C@H](C)[C@H]4O)c1C2=O. The van der Waals surface area contributed by atoms with Crippen LogP contribution in [0.25, 0.3) is 21.9 Å². The van der Waals surface area contributed by atoms with Gasteiger partial charge in [0.05, 0.1) is 42.0 Å². The third-order valence-electron chi connectivity index (χ3n) is 10.4. The van der Waals surface area contributed by atoms with Gasteiger partial charge in [0.1, 0.15) is 65.4 Å². The molecule has 0 unspecified atom stereocenters. The summed E-state index contributed by atoms with van der Waals surface area (Å²) in [7, 11) is 0. The molecule has 0 bridgehead atoms. The minimum atomic E-state index is -1.91. The summed E-state index contributed by atoms with van der Waals surface area (Å²) >= 11 is 0. The van der Waals surface area contributed by atoms with Gasteiger partial charge in [-0.05, 0) is 33.8 Å². The lowest BCUT2D eigenvalue weighted by molar-refractivity contribution is -0.277. The summed E-state index contributed by atoms with van der Waals surface area (Å²) in [5.74, 6) is -4.82. The predicted molar refractivity (Wildman–Crippen MR) is 176 cm³/mol. The van der Waals surface area contributed by atoms with E-state index in [1.165, 1.54) is 20.8 Å². The Hall–Kier alpha value is -4.36. The molecule has 7 rings (SSSR count). The maximum atomic E-state index is 14.6. The van der Waals surface area contributed by atoms with Crippen molar-refractivity contribution >= 4 is 22.3 Å². The lowest BCUT2D eigenvalue weighted by Gasteiger charge is -2.40. The number of aliphatic hydroxyl groups is 6. The summed E-state index contributed by atoms with van der Waals surface area (Å²) < 4.78 is 23.0. The van der Waals surface area contributed by atoms with Crippen molar-refractivity contribution in [2.75, 3.05) is 6.61 Å². The largest absolute Gasteiger partial charge is 0.508 e. The van der Waals surface area contributed by atoms with Crippen LogP contribution in [0.3, 0.4) is 0 Å². The highest BCUT2D eigenvalue weighted by Gasteiger charge is 2.49. The van der Waals surface area contributed by atoms with Gasteiger partial charge in [-0.3, -0.25) is 9.59 Å². The molecular weight excluding hydrogens is 688 g/mol. The second-order valence-corrected chi connectivity index (χ2v) is 13.6. The van der Waals surface area contributed by atoms with Crippen LogP contribution in [0.15, 0.2) is 29.3 Å². The topological polar surface area (TPSA) is 273 Å². The summed E-state index contributed by atoms with van der Waals surface area (Å²) in [6.45, 7) is 5.31. The van der Waals surface area contributed by atoms with Crippen LogP contribution in [0.4, 0.5) is 0 Å². The summed E-state index contributed by atoms with van der Waals surface area (Å²) in [4.78, 5) is 28.7. The van der Waals surface area contributed by atoms with Crippen LogP contribution in [0.1, 0.15) is 71.7 Å². The lowest BCUT2D eigenvalue weighted by atomic mass is 9.73. The number of aromatic hydroxyl groups is 4. The fourth-order valence-corrected chi connectivity index (χ4v) is 7.93. The molecule has 3 heterocycles. The Kier molecular flexibility index (Phi) is 8.76. The molecule has 0 amide bonds. The van der Waals surface area contributed by atoms with Crippen molar-refractivity contribution < 1.29 is 79.6 Å². The number of ether oxygens (including phenoxy) is 4. The van der Waals surface area contributed by atoms with Crippen LogP contribution in [0.5, 0.6) is 28.7 Å². The minimum Gasteiger partial charge on any atom is -0.508 e. The van der Waals surface area contributed by atoms with Crippen molar-refractivity contribution in [1.82, 2.24) is 0 Å². The molecule has 1 aliphatic carbocycles. The Bertz CT molecular complexity index is 2050. The standard InChI is InChI=1S/C36H38O16/c1-9-19-25(28(41)11(3)49-9)22(14-5-13(38)6-17(21(14)31(19)44)51-36-35(48)34(47)30(43)18(8-37)52-36)23-15(39)7-16(40)24-26(23)33(46)27-20(32(24)45)10(2)50-12(4)29(27)42/h5-7,9-12,18,28-30,34-44,47-48H,8H2,1-4H3/t9-,10-,11-,12-,18-,28-,29+,30-,34+,35-,36-/m1/s1. The Labute approximate surface area is 294 Å². The van der Waals surface area contributed by atoms with E-state index in [-0.39, 0.29) is 38.6 Å². The molecule has 278 valence electrons. The third kappa shape index (κ3) is 5.09. The zero-order valence-electron chi connectivity index (χ0n) is 28.2. The van der Waals surface area contributed by atoms with E-state index in [2.05, 4.69) is 0 Å². The molecule has 11 atom stereocenters. The third-order valence-corrected chi connectivity index (χ3v) is 10.4. The van der Waals surface area contributed by atoms with E-state index in [9.17, 15) is 60.7 Å². The second kappa shape index (κ2) is 12.6. The van der Waals surface area contributed by atoms with Gasteiger partial charge in [0, 0.05) is 56.5 Å². The number of hydrogen-bond acceptors (Lipinski definition) is 16. The number of phenols is 4. The number of carbonyl (C=O) groups excluding carboxylic acids is 2. The van der Waals surface area contributed by atoms with Crippen molar-refractivity contribution in [1.29, 1.82) is 0 Å². The maximum absolute atomic E-state index is 14.6. The Morgan fingerprint density at radius 2 is 1.27 bits per heavy atom. The van der Waals surface area contributed by atoms with Crippen LogP contribution >= 0.6 is 0 Å². The van der Waals surface area contributed by atoms with Crippen molar-refractivity contribution in [2.45, 2.75) is 95.0 Å². The number of ketones is 2. The van der Waals surface area contributed by atoms with Gasteiger partial charge < -0.3 is 70.0 Å². The summed E-state index contributed by atoms with van der Waals surface area (Å²) in [5.41, 5.74) is -2.27. The Balaban J connectivity index is 1.57. The molecule has 3 aromatic carbocycles. The second-order valence-electron chi connectivity index (χ2n) is 13.6. The molecular formula is C36H38O16. The molecule has 0 radical (unpaired) electrons. The highest BCUT2D eigenvalue weighted by Crippen LogP contribution is 2.57. The fraction of sp³-hybridized carbons (Fsp3) is 0.444. The predicted octanol–water partition coefficient (Wildman–Crippen LogP) is 0.865. The number of hydrogen-bond donors (Lipinski definition) is 10. The Morgan fingerprint density at radius 1 is 0.654 bits per heavy atom. The monoisotopic (exact) mass is 726 g/mol. The van der Waals surface area contributed by atoms with Crippen molar-refractivity contribution in [3.05, 3.63) is 51.6 Å². The first-order chi connectivity index (χ1) is 24.5. The molecule has 1 fully saturated rings. The first-order valence-electron chi connectivity index (χ1n) is 16.6. The molecule has 0 spiro atoms. The quantitative estimate of drug-likeness (QED) is 0.179. The van der Waals surface area contributed by atoms with Gasteiger partial charge in [-0.2, -0.15) is 0 Å². The number of phenolic OH excluding ortho intramolecular Hbond substituents is 4. The fourth-order valence-electron chi connectivity index (χ4n) is 7.93. The van der Waals surface area contributed by atoms with Crippen molar-refractivity contribution in [2.24, 2.45) is 0 Å². The molecule has 1 saturated heterocycles. The number of aliphatic hydroxyl groups excluding tert-OH is 6. The zero-order valence-corrected chi connectivity index (χ0v) is 28.2. The number of carbonyl (C=O) groups is 2. The average Bonchev–Trinajstić information content (AvgIpc) is 3.07. The number of fused-ring (bicyclic) bond motifs is 3. The number of rotatable bonds is 4. The van der Waals surface area contributed by atoms with Gasteiger partial charge >= 0.3 is 0 Å². The smallest absolute Gasteiger partial charge is 0.229 e. The van der Waals surface area contributed by atoms with Gasteiger partial charge in [0.2, 0.25) is 6.29 Å². The average molecular weight is 727 g/mol. The van der Waals surface area contributed by atoms with Gasteiger partial charge in [-0.1, -0.05) is 0 Å². The summed E-state index contributed by atoms with van der Waals surface area (Å²) in [6, 6.07) is 2.97. The van der Waals surface area contributed by atoms with Gasteiger partial charge in [0.15, 0.2) is 11.6 Å². The van der Waals surface area contributed by atoms with Gasteiger partial charge in [-0.25, -0.2) is 0 Å². The van der Waals surface area contributed by atoms with Gasteiger partial charge in [0.25, 0.3) is 0 Å². The molecule has 4 aliphatic rings. The lowest BCUT2D eigenvalue weighted by Crippen LogP contribution is -2.60. The number of Topliss-reactive ketones (excluding diaryl/α,β-unsaturated/α-hetero) is 2. The zero-order chi connectivity index (χ0) is 37.8. The van der Waals surface area contributed by atoms with Crippen LogP contribution in [0.2, 0.25) is 0 Å². The Morgan fingerprint density at radius 3 is 1.94 bits per heavy atom. The van der Waals surface area contributed by atoms with Gasteiger partial charge in [-0.15, -0.1) is 0 Å². The highest BCUT2D eigenvalue weighted by atomic mass is 16.7. The number of benzene rings is 3. The van der Waals surface area contributed by atoms with E-state index in [4.69, 9.17) is 18.9 Å². The van der Waals surface area contributed by atoms with E-state index < -0.39 is 131 Å². The highest BCUT2D eigenvalue weighted by molar-refractivity contribution is 6.32. The van der Waals surface area contributed by atoms with Crippen LogP contribution in [-0.2, 0) is 14.2 Å². The van der Waals surface area contributed by atoms with Crippen molar-refractivity contribution in [3.8, 4) is 39.9 Å². The normalized spacial score (nSPS) is 33.2. The van der Waals surface area contributed by atoms with Crippen LogP contribution in [0, 0.1) is 0 Å². The van der Waals surface area contributed by atoms with E-state index in [0.29, 0.717) is 0 Å². The summed E-state index contributed by atoms with van der Waals surface area (Å²) in [5, 5.41) is 109. The van der Waals surface area contributed by atoms with E-state index >= 15 is 0 Å². The molecule has 3 aliphatic heterocycles. The molecule has 10 N–H and O–H groups in total. The molecule has 0 aromatic heterocycles. The molecule has 16 heteroatoms. The van der Waals surface area contributed by atoms with E-state index in [1.54, 1.807) is 6.92 Å². The first kappa shape index (κ1) is 36.0. The first-order valence-corrected chi connectivity index (χ1v) is 16.6. The van der Waals surface area contributed by atoms with Crippen molar-refractivity contribution in [3.63, 3.8) is 0 Å². The van der Waals surface area contributed by atoms with Crippen LogP contribution < -0.4 is 4.74 Å². The molecule has 0 saturated carbocycles. The maximum Gasteiger partial charge on any atom is 0.229 e.